The van der Waals surface area contributed by atoms with Crippen LogP contribution in [0.1, 0.15) is 51.9 Å². The van der Waals surface area contributed by atoms with Crippen molar-refractivity contribution in [3.63, 3.8) is 0 Å². The Labute approximate surface area is 128 Å². The number of ether oxygens (including phenoxy) is 1. The molecular formula is C15H21N3O4. The van der Waals surface area contributed by atoms with Crippen molar-refractivity contribution in [2.45, 2.75) is 39.2 Å². The van der Waals surface area contributed by atoms with E-state index in [1.165, 1.54) is 7.11 Å². The molecule has 0 atom stereocenters. The first kappa shape index (κ1) is 16.1. The Morgan fingerprint density at radius 2 is 2.00 bits per heavy atom. The Morgan fingerprint density at radius 1 is 1.32 bits per heavy atom. The van der Waals surface area contributed by atoms with Gasteiger partial charge in [0.15, 0.2) is 0 Å². The molecular weight excluding hydrogens is 286 g/mol. The van der Waals surface area contributed by atoms with Gasteiger partial charge in [-0.15, -0.1) is 0 Å². The van der Waals surface area contributed by atoms with Crippen LogP contribution in [-0.4, -0.2) is 42.5 Å². The maximum atomic E-state index is 12.2. The molecule has 0 aliphatic heterocycles. The number of aryl methyl sites for hydroxylation is 1. The van der Waals surface area contributed by atoms with Gasteiger partial charge in [0.2, 0.25) is 5.91 Å². The molecule has 1 heterocycles. The van der Waals surface area contributed by atoms with Gasteiger partial charge in [-0.25, -0.2) is 4.79 Å². The van der Waals surface area contributed by atoms with E-state index in [0.717, 1.165) is 12.8 Å². The average Bonchev–Trinajstić information content (AvgIpc) is 3.25. The molecule has 3 N–H and O–H groups in total. The molecule has 7 nitrogen and oxygen atoms in total. The maximum Gasteiger partial charge on any atom is 0.339 e. The highest BCUT2D eigenvalue weighted by Gasteiger charge is 2.25. The van der Waals surface area contributed by atoms with Crippen molar-refractivity contribution in [1.82, 2.24) is 15.6 Å². The van der Waals surface area contributed by atoms with Gasteiger partial charge in [-0.05, 0) is 31.7 Å². The summed E-state index contributed by atoms with van der Waals surface area (Å²) in [4.78, 5) is 38.5. The summed E-state index contributed by atoms with van der Waals surface area (Å²) in [6.45, 7) is 3.48. The van der Waals surface area contributed by atoms with Gasteiger partial charge < -0.3 is 20.4 Å². The molecule has 1 aromatic heterocycles. The third kappa shape index (κ3) is 3.47. The normalized spacial score (nSPS) is 13.6. The second-order valence-corrected chi connectivity index (χ2v) is 5.35. The summed E-state index contributed by atoms with van der Waals surface area (Å²) in [7, 11) is 1.30. The minimum absolute atomic E-state index is 0.0805. The fourth-order valence-electron chi connectivity index (χ4n) is 2.28. The smallest absolute Gasteiger partial charge is 0.339 e. The molecule has 1 fully saturated rings. The second-order valence-electron chi connectivity index (χ2n) is 5.35. The van der Waals surface area contributed by atoms with Crippen LogP contribution in [-0.2, 0) is 16.0 Å². The predicted octanol–water partition coefficient (Wildman–Crippen LogP) is 0.681. The number of H-pyrrole nitrogens is 1. The first-order chi connectivity index (χ1) is 10.5. The monoisotopic (exact) mass is 307 g/mol. The Morgan fingerprint density at radius 3 is 2.55 bits per heavy atom. The zero-order valence-corrected chi connectivity index (χ0v) is 13.0. The van der Waals surface area contributed by atoms with Crippen LogP contribution in [0.5, 0.6) is 0 Å². The van der Waals surface area contributed by atoms with Crippen molar-refractivity contribution in [1.29, 1.82) is 0 Å². The molecule has 22 heavy (non-hydrogen) atoms. The molecule has 0 aromatic carbocycles. The zero-order chi connectivity index (χ0) is 16.3. The van der Waals surface area contributed by atoms with Crippen molar-refractivity contribution in [2.75, 3.05) is 13.7 Å². The Balaban J connectivity index is 2.06. The van der Waals surface area contributed by atoms with E-state index in [9.17, 15) is 14.4 Å². The lowest BCUT2D eigenvalue weighted by atomic mass is 10.1. The third-order valence-corrected chi connectivity index (χ3v) is 3.65. The second kappa shape index (κ2) is 6.64. The molecule has 1 aliphatic rings. The van der Waals surface area contributed by atoms with Gasteiger partial charge in [-0.1, -0.05) is 6.92 Å². The summed E-state index contributed by atoms with van der Waals surface area (Å²) in [6, 6.07) is 0.259. The van der Waals surface area contributed by atoms with Crippen molar-refractivity contribution in [2.24, 2.45) is 0 Å². The van der Waals surface area contributed by atoms with Gasteiger partial charge in [-0.2, -0.15) is 0 Å². The molecule has 1 aliphatic carbocycles. The summed E-state index contributed by atoms with van der Waals surface area (Å²) in [5.41, 5.74) is 1.86. The molecule has 2 rings (SSSR count). The van der Waals surface area contributed by atoms with E-state index in [1.807, 2.05) is 6.92 Å². The molecule has 0 bridgehead atoms. The van der Waals surface area contributed by atoms with Crippen LogP contribution in [0.25, 0.3) is 0 Å². The zero-order valence-electron chi connectivity index (χ0n) is 13.0. The highest BCUT2D eigenvalue weighted by Crippen LogP contribution is 2.20. The minimum Gasteiger partial charge on any atom is -0.465 e. The lowest BCUT2D eigenvalue weighted by Crippen LogP contribution is -2.38. The minimum atomic E-state index is -0.476. The molecule has 120 valence electrons. The first-order valence-electron chi connectivity index (χ1n) is 7.35. The van der Waals surface area contributed by atoms with Crippen LogP contribution in [0, 0.1) is 6.92 Å². The number of nitrogens with one attached hydrogen (secondary N) is 3. The molecule has 0 saturated heterocycles. The number of rotatable bonds is 6. The quantitative estimate of drug-likeness (QED) is 0.673. The molecule has 0 spiro atoms. The van der Waals surface area contributed by atoms with Crippen LogP contribution in [0.3, 0.4) is 0 Å². The summed E-state index contributed by atoms with van der Waals surface area (Å²) in [5, 5.41) is 5.35. The van der Waals surface area contributed by atoms with Crippen LogP contribution >= 0.6 is 0 Å². The highest BCUT2D eigenvalue weighted by molar-refractivity contribution is 6.01. The highest BCUT2D eigenvalue weighted by atomic mass is 16.5. The molecule has 1 saturated carbocycles. The summed E-state index contributed by atoms with van der Waals surface area (Å²) in [5.74, 6) is -1.09. The van der Waals surface area contributed by atoms with E-state index in [4.69, 9.17) is 4.74 Å². The predicted molar refractivity (Wildman–Crippen MR) is 79.7 cm³/mol. The maximum absolute atomic E-state index is 12.2. The fraction of sp³-hybridized carbons (Fsp3) is 0.533. The lowest BCUT2D eigenvalue weighted by Gasteiger charge is -2.05. The van der Waals surface area contributed by atoms with Gasteiger partial charge in [0.1, 0.15) is 5.69 Å². The van der Waals surface area contributed by atoms with Gasteiger partial charge >= 0.3 is 5.97 Å². The largest absolute Gasteiger partial charge is 0.465 e. The molecule has 0 unspecified atom stereocenters. The van der Waals surface area contributed by atoms with Gasteiger partial charge in [0.05, 0.1) is 19.2 Å². The van der Waals surface area contributed by atoms with Crippen molar-refractivity contribution in [3.05, 3.63) is 22.5 Å². The van der Waals surface area contributed by atoms with E-state index in [-0.39, 0.29) is 24.2 Å². The SMILES string of the molecule is CCc1[nH]c(C(=O)NCC(=O)NC2CC2)c(C)c1C(=O)OC. The Hall–Kier alpha value is -2.31. The average molecular weight is 307 g/mol. The molecule has 0 radical (unpaired) electrons. The van der Waals surface area contributed by atoms with Crippen molar-refractivity contribution in [3.8, 4) is 0 Å². The lowest BCUT2D eigenvalue weighted by molar-refractivity contribution is -0.120. The number of carbonyl (C=O) groups is 3. The third-order valence-electron chi connectivity index (χ3n) is 3.65. The van der Waals surface area contributed by atoms with Gasteiger partial charge in [-0.3, -0.25) is 9.59 Å². The number of amides is 2. The number of aromatic nitrogens is 1. The van der Waals surface area contributed by atoms with Crippen LogP contribution in [0.4, 0.5) is 0 Å². The molecule has 2 amide bonds. The van der Waals surface area contributed by atoms with Crippen molar-refractivity contribution >= 4 is 17.8 Å². The van der Waals surface area contributed by atoms with E-state index in [2.05, 4.69) is 15.6 Å². The fourth-order valence-corrected chi connectivity index (χ4v) is 2.28. The Bertz CT molecular complexity index is 602. The number of carbonyl (C=O) groups excluding carboxylic acids is 3. The number of aromatic amines is 1. The number of hydrogen-bond donors (Lipinski definition) is 3. The summed E-state index contributed by atoms with van der Waals surface area (Å²) < 4.78 is 4.75. The van der Waals surface area contributed by atoms with E-state index in [0.29, 0.717) is 23.2 Å². The standard InChI is InChI=1S/C15H21N3O4/c1-4-10-12(15(21)22-3)8(2)13(18-10)14(20)16-7-11(19)17-9-5-6-9/h9,18H,4-7H2,1-3H3,(H,16,20)(H,17,19). The number of esters is 1. The first-order valence-corrected chi connectivity index (χ1v) is 7.35. The summed E-state index contributed by atoms with van der Waals surface area (Å²) >= 11 is 0. The number of hydrogen-bond acceptors (Lipinski definition) is 4. The van der Waals surface area contributed by atoms with E-state index >= 15 is 0 Å². The number of methoxy groups -OCH3 is 1. The topological polar surface area (TPSA) is 100 Å². The Kier molecular flexibility index (Phi) is 4.85. The van der Waals surface area contributed by atoms with Gasteiger partial charge in [0.25, 0.3) is 5.91 Å². The van der Waals surface area contributed by atoms with E-state index < -0.39 is 11.9 Å². The summed E-state index contributed by atoms with van der Waals surface area (Å²) in [6.07, 6.45) is 2.57. The van der Waals surface area contributed by atoms with Crippen LogP contribution in [0.2, 0.25) is 0 Å². The van der Waals surface area contributed by atoms with Crippen molar-refractivity contribution < 1.29 is 19.1 Å². The van der Waals surface area contributed by atoms with Gasteiger partial charge in [0, 0.05) is 11.7 Å². The molecule has 1 aromatic rings. The molecule has 7 heteroatoms. The van der Waals surface area contributed by atoms with Crippen LogP contribution < -0.4 is 10.6 Å². The van der Waals surface area contributed by atoms with E-state index in [1.54, 1.807) is 6.92 Å². The van der Waals surface area contributed by atoms with Crippen LogP contribution in [0.15, 0.2) is 0 Å².